The van der Waals surface area contributed by atoms with Crippen molar-refractivity contribution < 1.29 is 22.7 Å². The number of aryl methyl sites for hydroxylation is 2. The van der Waals surface area contributed by atoms with Crippen molar-refractivity contribution in [2.24, 2.45) is 0 Å². The van der Waals surface area contributed by atoms with E-state index in [0.29, 0.717) is 32.8 Å². The molecule has 1 aliphatic rings. The number of benzene rings is 2. The van der Waals surface area contributed by atoms with Gasteiger partial charge in [-0.05, 0) is 81.1 Å². The summed E-state index contributed by atoms with van der Waals surface area (Å²) in [7, 11) is 0. The van der Waals surface area contributed by atoms with Gasteiger partial charge in [0.1, 0.15) is 5.75 Å². The van der Waals surface area contributed by atoms with Crippen molar-refractivity contribution in [3.8, 4) is 5.75 Å². The number of alkyl halides is 3. The predicted octanol–water partition coefficient (Wildman–Crippen LogP) is 5.82. The Morgan fingerprint density at radius 1 is 1.00 bits per heavy atom. The van der Waals surface area contributed by atoms with Gasteiger partial charge in [0, 0.05) is 50.5 Å². The molecular formula is C29H35F3N4O2. The van der Waals surface area contributed by atoms with Gasteiger partial charge >= 0.3 is 6.18 Å². The molecule has 0 saturated carbocycles. The number of piperazine rings is 1. The van der Waals surface area contributed by atoms with Gasteiger partial charge in [0.2, 0.25) is 0 Å². The molecule has 1 aromatic heterocycles. The van der Waals surface area contributed by atoms with Crippen molar-refractivity contribution in [3.63, 3.8) is 0 Å². The number of ether oxygens (including phenoxy) is 1. The molecular weight excluding hydrogens is 493 g/mol. The smallest absolute Gasteiger partial charge is 0.416 e. The van der Waals surface area contributed by atoms with E-state index < -0.39 is 11.7 Å². The fourth-order valence-corrected chi connectivity index (χ4v) is 4.94. The third-order valence-electron chi connectivity index (χ3n) is 7.42. The van der Waals surface area contributed by atoms with E-state index in [0.717, 1.165) is 42.1 Å². The molecule has 2 heterocycles. The summed E-state index contributed by atoms with van der Waals surface area (Å²) in [4.78, 5) is 21.1. The third-order valence-corrected chi connectivity index (χ3v) is 7.42. The van der Waals surface area contributed by atoms with Crippen molar-refractivity contribution in [1.29, 1.82) is 0 Å². The number of imidazole rings is 1. The Bertz CT molecular complexity index is 1250. The number of rotatable bonds is 8. The molecule has 38 heavy (non-hydrogen) atoms. The van der Waals surface area contributed by atoms with E-state index in [2.05, 4.69) is 41.3 Å². The van der Waals surface area contributed by atoms with Gasteiger partial charge in [-0.15, -0.1) is 0 Å². The average molecular weight is 529 g/mol. The fraction of sp³-hybridized carbons (Fsp3) is 0.448. The summed E-state index contributed by atoms with van der Waals surface area (Å²) >= 11 is 0. The van der Waals surface area contributed by atoms with E-state index in [-0.39, 0.29) is 17.5 Å². The highest BCUT2D eigenvalue weighted by atomic mass is 19.4. The first-order valence-corrected chi connectivity index (χ1v) is 13.0. The minimum Gasteiger partial charge on any atom is -0.493 e. The molecule has 1 atom stereocenters. The summed E-state index contributed by atoms with van der Waals surface area (Å²) in [5.74, 6) is 0.662. The fourth-order valence-electron chi connectivity index (χ4n) is 4.94. The highest BCUT2D eigenvalue weighted by molar-refractivity contribution is 5.94. The molecule has 0 aliphatic carbocycles. The van der Waals surface area contributed by atoms with Crippen LogP contribution in [-0.4, -0.2) is 58.0 Å². The first-order chi connectivity index (χ1) is 18.0. The molecule has 6 nitrogen and oxygen atoms in total. The normalized spacial score (nSPS) is 15.5. The summed E-state index contributed by atoms with van der Waals surface area (Å²) in [6.07, 6.45) is 0.341. The van der Waals surface area contributed by atoms with E-state index in [1.54, 1.807) is 4.90 Å². The van der Waals surface area contributed by atoms with Crippen LogP contribution in [0.1, 0.15) is 57.7 Å². The van der Waals surface area contributed by atoms with Crippen LogP contribution in [0.15, 0.2) is 48.9 Å². The van der Waals surface area contributed by atoms with Crippen LogP contribution in [0, 0.1) is 20.8 Å². The lowest BCUT2D eigenvalue weighted by Gasteiger charge is -2.39. The maximum absolute atomic E-state index is 12.8. The van der Waals surface area contributed by atoms with E-state index >= 15 is 0 Å². The molecule has 4 rings (SSSR count). The number of hydrogen-bond donors (Lipinski definition) is 0. The topological polar surface area (TPSA) is 50.6 Å². The molecule has 2 aromatic carbocycles. The molecule has 0 spiro atoms. The SMILES string of the molecule is Cc1cn(CCCOc2ccc([C@@H](C)N3CCN(C(=O)c4ccc(C(F)(F)F)cc4)CC3)c(C)c2C)cn1. The lowest BCUT2D eigenvalue weighted by atomic mass is 9.96. The standard InChI is InChI=1S/C29H35F3N4O2/c1-20-18-34(19-33-20)12-5-17-38-27-11-10-26(21(2)22(27)3)23(4)35-13-15-36(16-14-35)28(37)24-6-8-25(9-7-24)29(30,31)32/h6-11,18-19,23H,5,12-17H2,1-4H3/t23-/m1/s1. The predicted molar refractivity (Wildman–Crippen MR) is 140 cm³/mol. The number of halogens is 3. The molecule has 3 aromatic rings. The zero-order valence-corrected chi connectivity index (χ0v) is 22.4. The van der Waals surface area contributed by atoms with Crippen LogP contribution < -0.4 is 4.74 Å². The van der Waals surface area contributed by atoms with Gasteiger partial charge in [0.15, 0.2) is 0 Å². The second-order valence-corrected chi connectivity index (χ2v) is 9.94. The van der Waals surface area contributed by atoms with Crippen LogP contribution >= 0.6 is 0 Å². The van der Waals surface area contributed by atoms with Gasteiger partial charge in [0.05, 0.1) is 24.2 Å². The Kier molecular flexibility index (Phi) is 8.45. The Morgan fingerprint density at radius 3 is 2.29 bits per heavy atom. The molecule has 1 aliphatic heterocycles. The van der Waals surface area contributed by atoms with Crippen molar-refractivity contribution in [3.05, 3.63) is 82.4 Å². The van der Waals surface area contributed by atoms with Gasteiger partial charge in [-0.2, -0.15) is 13.2 Å². The van der Waals surface area contributed by atoms with Gasteiger partial charge < -0.3 is 14.2 Å². The summed E-state index contributed by atoms with van der Waals surface area (Å²) in [6.45, 7) is 12.3. The van der Waals surface area contributed by atoms with Crippen LogP contribution in [-0.2, 0) is 12.7 Å². The van der Waals surface area contributed by atoms with Crippen LogP contribution in [0.3, 0.4) is 0 Å². The molecule has 1 saturated heterocycles. The molecule has 1 amide bonds. The van der Waals surface area contributed by atoms with E-state index in [1.807, 2.05) is 25.5 Å². The van der Waals surface area contributed by atoms with Crippen molar-refractivity contribution >= 4 is 5.91 Å². The minimum atomic E-state index is -4.41. The van der Waals surface area contributed by atoms with Crippen LogP contribution in [0.2, 0.25) is 0 Å². The van der Waals surface area contributed by atoms with E-state index in [9.17, 15) is 18.0 Å². The van der Waals surface area contributed by atoms with Crippen molar-refractivity contribution in [2.45, 2.75) is 52.9 Å². The van der Waals surface area contributed by atoms with Crippen LogP contribution in [0.25, 0.3) is 0 Å². The maximum atomic E-state index is 12.8. The quantitative estimate of drug-likeness (QED) is 0.346. The number of carbonyl (C=O) groups excluding carboxylic acids is 1. The van der Waals surface area contributed by atoms with Gasteiger partial charge in [-0.25, -0.2) is 4.98 Å². The Labute approximate surface area is 222 Å². The molecule has 0 N–H and O–H groups in total. The summed E-state index contributed by atoms with van der Waals surface area (Å²) in [6, 6.07) is 8.77. The number of carbonyl (C=O) groups is 1. The molecule has 9 heteroatoms. The lowest BCUT2D eigenvalue weighted by molar-refractivity contribution is -0.137. The third kappa shape index (κ3) is 6.38. The Morgan fingerprint density at radius 2 is 1.68 bits per heavy atom. The van der Waals surface area contributed by atoms with Gasteiger partial charge in [0.25, 0.3) is 5.91 Å². The molecule has 0 radical (unpaired) electrons. The lowest BCUT2D eigenvalue weighted by Crippen LogP contribution is -2.49. The number of hydrogen-bond acceptors (Lipinski definition) is 4. The number of aromatic nitrogens is 2. The number of nitrogens with zero attached hydrogens (tertiary/aromatic N) is 4. The van der Waals surface area contributed by atoms with E-state index in [4.69, 9.17) is 4.74 Å². The summed E-state index contributed by atoms with van der Waals surface area (Å²) in [5, 5.41) is 0. The van der Waals surface area contributed by atoms with Crippen LogP contribution in [0.5, 0.6) is 5.75 Å². The molecule has 0 bridgehead atoms. The average Bonchev–Trinajstić information content (AvgIpc) is 3.32. The molecule has 204 valence electrons. The van der Waals surface area contributed by atoms with Gasteiger partial charge in [-0.3, -0.25) is 9.69 Å². The Balaban J connectivity index is 1.30. The second kappa shape index (κ2) is 11.6. The van der Waals surface area contributed by atoms with Crippen molar-refractivity contribution in [1.82, 2.24) is 19.4 Å². The zero-order chi connectivity index (χ0) is 27.4. The summed E-state index contributed by atoms with van der Waals surface area (Å²) in [5.41, 5.74) is 4.09. The van der Waals surface area contributed by atoms with E-state index in [1.165, 1.54) is 23.3 Å². The van der Waals surface area contributed by atoms with Crippen LogP contribution in [0.4, 0.5) is 13.2 Å². The highest BCUT2D eigenvalue weighted by Gasteiger charge is 2.31. The second-order valence-electron chi connectivity index (χ2n) is 9.94. The Hall–Kier alpha value is -3.33. The monoisotopic (exact) mass is 528 g/mol. The molecule has 1 fully saturated rings. The minimum absolute atomic E-state index is 0.163. The zero-order valence-electron chi connectivity index (χ0n) is 22.4. The maximum Gasteiger partial charge on any atom is 0.416 e. The molecule has 0 unspecified atom stereocenters. The highest BCUT2D eigenvalue weighted by Crippen LogP contribution is 2.32. The first-order valence-electron chi connectivity index (χ1n) is 13.0. The summed E-state index contributed by atoms with van der Waals surface area (Å²) < 4.78 is 46.6. The van der Waals surface area contributed by atoms with Gasteiger partial charge in [-0.1, -0.05) is 6.07 Å². The first kappa shape index (κ1) is 27.7. The number of amides is 1. The van der Waals surface area contributed by atoms with Crippen molar-refractivity contribution in [2.75, 3.05) is 32.8 Å². The largest absolute Gasteiger partial charge is 0.493 e.